The van der Waals surface area contributed by atoms with Crippen molar-refractivity contribution in [3.8, 4) is 0 Å². The first-order valence-electron chi connectivity index (χ1n) is 5.95. The molecule has 0 atom stereocenters. The zero-order chi connectivity index (χ0) is 14.3. The summed E-state index contributed by atoms with van der Waals surface area (Å²) in [4.78, 5) is 22.1. The average molecular weight is 264 g/mol. The second-order valence-corrected chi connectivity index (χ2v) is 4.52. The number of carboxylic acids is 2. The standard InChI is InChI=1S/C16H10O4/c17-15(18)13-7-11-5-9-3-1-2-4-10(9)6-12(11)8-14(13)16(19)20/h1-8H,(H,17,18)(H,19,20)/p-2. The number of hydrogen-bond acceptors (Lipinski definition) is 4. The fourth-order valence-electron chi connectivity index (χ4n) is 2.33. The Morgan fingerprint density at radius 2 is 1.05 bits per heavy atom. The van der Waals surface area contributed by atoms with E-state index in [1.807, 2.05) is 36.4 Å². The van der Waals surface area contributed by atoms with Gasteiger partial charge in [0.25, 0.3) is 0 Å². The molecule has 0 aliphatic heterocycles. The van der Waals surface area contributed by atoms with Crippen molar-refractivity contribution < 1.29 is 19.8 Å². The van der Waals surface area contributed by atoms with E-state index in [0.29, 0.717) is 10.8 Å². The molecule has 3 rings (SSSR count). The average Bonchev–Trinajstić information content (AvgIpc) is 2.43. The third-order valence-electron chi connectivity index (χ3n) is 3.28. The SMILES string of the molecule is O=C([O-])c1cc2cc3ccccc3cc2cc1C(=O)[O-]. The summed E-state index contributed by atoms with van der Waals surface area (Å²) in [5.74, 6) is -3.06. The van der Waals surface area contributed by atoms with Crippen LogP contribution in [0.3, 0.4) is 0 Å². The van der Waals surface area contributed by atoms with Gasteiger partial charge in [0.1, 0.15) is 0 Å². The molecule has 0 amide bonds. The molecule has 20 heavy (non-hydrogen) atoms. The van der Waals surface area contributed by atoms with Gasteiger partial charge in [0.2, 0.25) is 0 Å². The number of rotatable bonds is 2. The summed E-state index contributed by atoms with van der Waals surface area (Å²) in [7, 11) is 0. The van der Waals surface area contributed by atoms with E-state index in [1.165, 1.54) is 12.1 Å². The topological polar surface area (TPSA) is 80.3 Å². The van der Waals surface area contributed by atoms with Gasteiger partial charge in [-0.15, -0.1) is 0 Å². The van der Waals surface area contributed by atoms with Gasteiger partial charge in [-0.25, -0.2) is 0 Å². The lowest BCUT2D eigenvalue weighted by molar-refractivity contribution is -0.259. The Morgan fingerprint density at radius 3 is 1.40 bits per heavy atom. The van der Waals surface area contributed by atoms with E-state index in [1.54, 1.807) is 0 Å². The number of fused-ring (bicyclic) bond motifs is 2. The molecule has 0 N–H and O–H groups in total. The molecule has 0 heterocycles. The molecule has 4 nitrogen and oxygen atoms in total. The van der Waals surface area contributed by atoms with Crippen LogP contribution < -0.4 is 10.2 Å². The molecule has 0 saturated heterocycles. The van der Waals surface area contributed by atoms with Crippen molar-refractivity contribution in [1.29, 1.82) is 0 Å². The Balaban J connectivity index is 2.41. The molecular formula is C16H8O4-2. The summed E-state index contributed by atoms with van der Waals surface area (Å²) >= 11 is 0. The number of benzene rings is 3. The molecule has 3 aromatic rings. The minimum absolute atomic E-state index is 0.368. The third-order valence-corrected chi connectivity index (χ3v) is 3.28. The van der Waals surface area contributed by atoms with E-state index in [9.17, 15) is 19.8 Å². The highest BCUT2D eigenvalue weighted by atomic mass is 16.4. The van der Waals surface area contributed by atoms with Crippen molar-refractivity contribution in [2.75, 3.05) is 0 Å². The van der Waals surface area contributed by atoms with Gasteiger partial charge >= 0.3 is 0 Å². The zero-order valence-electron chi connectivity index (χ0n) is 10.3. The summed E-state index contributed by atoms with van der Waals surface area (Å²) in [6.07, 6.45) is 0. The van der Waals surface area contributed by atoms with Crippen molar-refractivity contribution in [2.45, 2.75) is 0 Å². The highest BCUT2D eigenvalue weighted by Gasteiger charge is 2.08. The van der Waals surface area contributed by atoms with Crippen molar-refractivity contribution in [1.82, 2.24) is 0 Å². The number of carbonyl (C=O) groups is 2. The van der Waals surface area contributed by atoms with E-state index in [2.05, 4.69) is 0 Å². The smallest absolute Gasteiger partial charge is 0.0722 e. The molecule has 0 aliphatic rings. The lowest BCUT2D eigenvalue weighted by Gasteiger charge is -2.13. The van der Waals surface area contributed by atoms with Crippen LogP contribution in [0.25, 0.3) is 21.5 Å². The Hall–Kier alpha value is -2.88. The van der Waals surface area contributed by atoms with Crippen LogP contribution in [-0.4, -0.2) is 11.9 Å². The van der Waals surface area contributed by atoms with Crippen LogP contribution >= 0.6 is 0 Å². The fraction of sp³-hybridized carbons (Fsp3) is 0. The summed E-state index contributed by atoms with van der Waals surface area (Å²) in [5, 5.41) is 25.3. The first-order chi connectivity index (χ1) is 9.56. The van der Waals surface area contributed by atoms with Crippen molar-refractivity contribution in [3.05, 3.63) is 59.7 Å². The maximum Gasteiger partial charge on any atom is 0.0722 e. The van der Waals surface area contributed by atoms with Gasteiger partial charge in [-0.2, -0.15) is 0 Å². The molecule has 98 valence electrons. The molecule has 0 aliphatic carbocycles. The Kier molecular flexibility index (Phi) is 2.64. The molecule has 0 fully saturated rings. The van der Waals surface area contributed by atoms with Gasteiger partial charge in [-0.1, -0.05) is 24.3 Å². The summed E-state index contributed by atoms with van der Waals surface area (Å²) in [6, 6.07) is 13.8. The normalized spacial score (nSPS) is 10.8. The quantitative estimate of drug-likeness (QED) is 0.639. The molecule has 0 unspecified atom stereocenters. The molecule has 3 aromatic carbocycles. The van der Waals surface area contributed by atoms with Crippen molar-refractivity contribution in [2.24, 2.45) is 0 Å². The van der Waals surface area contributed by atoms with Crippen LogP contribution in [0.5, 0.6) is 0 Å². The first-order valence-corrected chi connectivity index (χ1v) is 5.95. The van der Waals surface area contributed by atoms with Gasteiger partial charge in [0.15, 0.2) is 0 Å². The zero-order valence-corrected chi connectivity index (χ0v) is 10.3. The molecular weight excluding hydrogens is 256 g/mol. The van der Waals surface area contributed by atoms with Gasteiger partial charge < -0.3 is 19.8 Å². The van der Waals surface area contributed by atoms with E-state index >= 15 is 0 Å². The van der Waals surface area contributed by atoms with E-state index in [4.69, 9.17) is 0 Å². The number of carbonyl (C=O) groups excluding carboxylic acids is 2. The fourth-order valence-corrected chi connectivity index (χ4v) is 2.33. The van der Waals surface area contributed by atoms with Crippen LogP contribution in [-0.2, 0) is 0 Å². The molecule has 0 aromatic heterocycles. The summed E-state index contributed by atoms with van der Waals surface area (Å²) in [5.41, 5.74) is -0.736. The maximum atomic E-state index is 11.0. The highest BCUT2D eigenvalue weighted by Crippen LogP contribution is 2.25. The highest BCUT2D eigenvalue weighted by molar-refractivity contribution is 6.07. The van der Waals surface area contributed by atoms with Gasteiger partial charge in [-0.3, -0.25) is 0 Å². The van der Waals surface area contributed by atoms with Gasteiger partial charge in [0.05, 0.1) is 11.9 Å². The number of aromatic carboxylic acids is 2. The lowest BCUT2D eigenvalue weighted by Crippen LogP contribution is -2.30. The lowest BCUT2D eigenvalue weighted by atomic mass is 9.98. The van der Waals surface area contributed by atoms with E-state index in [-0.39, 0.29) is 11.1 Å². The van der Waals surface area contributed by atoms with Crippen LogP contribution in [0.2, 0.25) is 0 Å². The van der Waals surface area contributed by atoms with E-state index in [0.717, 1.165) is 10.8 Å². The van der Waals surface area contributed by atoms with Crippen LogP contribution in [0.15, 0.2) is 48.5 Å². The maximum absolute atomic E-state index is 11.0. The van der Waals surface area contributed by atoms with Crippen LogP contribution in [0, 0.1) is 0 Å². The first kappa shape index (κ1) is 12.2. The predicted molar refractivity (Wildman–Crippen MR) is 70.1 cm³/mol. The second-order valence-electron chi connectivity index (χ2n) is 4.52. The second kappa shape index (κ2) is 4.35. The predicted octanol–water partition coefficient (Wildman–Crippen LogP) is 0.720. The monoisotopic (exact) mass is 264 g/mol. The van der Waals surface area contributed by atoms with Crippen LogP contribution in [0.4, 0.5) is 0 Å². The Morgan fingerprint density at radius 1 is 0.650 bits per heavy atom. The summed E-state index contributed by atoms with van der Waals surface area (Å²) < 4.78 is 0. The molecule has 0 radical (unpaired) electrons. The minimum atomic E-state index is -1.53. The van der Waals surface area contributed by atoms with Crippen LogP contribution in [0.1, 0.15) is 20.7 Å². The van der Waals surface area contributed by atoms with Gasteiger partial charge in [-0.05, 0) is 45.8 Å². The Bertz CT molecular complexity index is 793. The molecule has 4 heteroatoms. The summed E-state index contributed by atoms with van der Waals surface area (Å²) in [6.45, 7) is 0. The number of hydrogen-bond donors (Lipinski definition) is 0. The van der Waals surface area contributed by atoms with Crippen molar-refractivity contribution in [3.63, 3.8) is 0 Å². The molecule has 0 bridgehead atoms. The van der Waals surface area contributed by atoms with Crippen molar-refractivity contribution >= 4 is 33.5 Å². The molecule has 0 saturated carbocycles. The minimum Gasteiger partial charge on any atom is -0.545 e. The van der Waals surface area contributed by atoms with Gasteiger partial charge in [0, 0.05) is 11.1 Å². The third kappa shape index (κ3) is 1.87. The molecule has 0 spiro atoms. The Labute approximate surface area is 113 Å². The van der Waals surface area contributed by atoms with E-state index < -0.39 is 11.9 Å². The number of carboxylic acid groups (broad SMARTS) is 2. The largest absolute Gasteiger partial charge is 0.545 e.